The monoisotopic (exact) mass is 239 g/mol. The van der Waals surface area contributed by atoms with Crippen LogP contribution in [-0.4, -0.2) is 17.3 Å². The molecule has 1 heterocycles. The van der Waals surface area contributed by atoms with Gasteiger partial charge in [0.1, 0.15) is 5.75 Å². The molecule has 0 aliphatic carbocycles. The van der Waals surface area contributed by atoms with Crippen LogP contribution in [-0.2, 0) is 6.54 Å². The van der Waals surface area contributed by atoms with E-state index in [9.17, 15) is 0 Å². The molecule has 2 aromatic rings. The van der Waals surface area contributed by atoms with Gasteiger partial charge in [0.2, 0.25) is 5.89 Å². The normalized spacial score (nSPS) is 10.4. The summed E-state index contributed by atoms with van der Waals surface area (Å²) in [6.07, 6.45) is 0. The van der Waals surface area contributed by atoms with Crippen molar-refractivity contribution in [3.8, 4) is 17.2 Å². The first kappa shape index (κ1) is 10.9. The van der Waals surface area contributed by atoms with E-state index in [1.165, 1.54) is 0 Å². The van der Waals surface area contributed by atoms with Crippen LogP contribution >= 0.6 is 11.6 Å². The molecule has 1 aromatic carbocycles. The summed E-state index contributed by atoms with van der Waals surface area (Å²) in [5.74, 6) is 1.34. The number of halogens is 1. The van der Waals surface area contributed by atoms with Crippen LogP contribution in [0.5, 0.6) is 5.75 Å². The number of benzene rings is 1. The standard InChI is InChI=1S/C10H10ClN3O2/c1-15-8-3-2-6(11)4-7(8)10-14-13-9(5-12)16-10/h2-4H,5,12H2,1H3. The molecule has 6 heteroatoms. The molecule has 16 heavy (non-hydrogen) atoms. The van der Waals surface area contributed by atoms with Crippen molar-refractivity contribution in [3.05, 3.63) is 29.1 Å². The largest absolute Gasteiger partial charge is 0.496 e. The van der Waals surface area contributed by atoms with Gasteiger partial charge in [-0.05, 0) is 18.2 Å². The number of nitrogens with two attached hydrogens (primary N) is 1. The van der Waals surface area contributed by atoms with Crippen molar-refractivity contribution in [2.45, 2.75) is 6.54 Å². The minimum Gasteiger partial charge on any atom is -0.496 e. The van der Waals surface area contributed by atoms with E-state index in [-0.39, 0.29) is 6.54 Å². The van der Waals surface area contributed by atoms with E-state index in [4.69, 9.17) is 26.5 Å². The van der Waals surface area contributed by atoms with E-state index >= 15 is 0 Å². The summed E-state index contributed by atoms with van der Waals surface area (Å²) in [7, 11) is 1.56. The number of nitrogens with zero attached hydrogens (tertiary/aromatic N) is 2. The summed E-state index contributed by atoms with van der Waals surface area (Å²) < 4.78 is 10.5. The Hall–Kier alpha value is -1.59. The smallest absolute Gasteiger partial charge is 0.251 e. The SMILES string of the molecule is COc1ccc(Cl)cc1-c1nnc(CN)o1. The van der Waals surface area contributed by atoms with Gasteiger partial charge in [-0.3, -0.25) is 0 Å². The lowest BCUT2D eigenvalue weighted by Crippen LogP contribution is -1.95. The fraction of sp³-hybridized carbons (Fsp3) is 0.200. The highest BCUT2D eigenvalue weighted by Crippen LogP contribution is 2.31. The molecule has 0 bridgehead atoms. The molecule has 2 rings (SSSR count). The Morgan fingerprint density at radius 3 is 2.88 bits per heavy atom. The van der Waals surface area contributed by atoms with Gasteiger partial charge in [0, 0.05) is 5.02 Å². The van der Waals surface area contributed by atoms with Crippen molar-refractivity contribution >= 4 is 11.6 Å². The second-order valence-corrected chi connectivity index (χ2v) is 3.49. The average molecular weight is 240 g/mol. The maximum atomic E-state index is 5.89. The van der Waals surface area contributed by atoms with Gasteiger partial charge in [0.15, 0.2) is 0 Å². The molecule has 2 N–H and O–H groups in total. The number of hydrogen-bond acceptors (Lipinski definition) is 5. The van der Waals surface area contributed by atoms with Crippen molar-refractivity contribution in [2.24, 2.45) is 5.73 Å². The molecular weight excluding hydrogens is 230 g/mol. The van der Waals surface area contributed by atoms with Crippen LogP contribution in [0.3, 0.4) is 0 Å². The van der Waals surface area contributed by atoms with Crippen molar-refractivity contribution in [1.29, 1.82) is 0 Å². The zero-order valence-electron chi connectivity index (χ0n) is 8.61. The minimum atomic E-state index is 0.204. The van der Waals surface area contributed by atoms with Crippen molar-refractivity contribution in [1.82, 2.24) is 10.2 Å². The molecule has 0 amide bonds. The lowest BCUT2D eigenvalue weighted by Gasteiger charge is -2.04. The third-order valence-electron chi connectivity index (χ3n) is 2.03. The lowest BCUT2D eigenvalue weighted by atomic mass is 10.2. The maximum absolute atomic E-state index is 5.89. The van der Waals surface area contributed by atoms with E-state index in [0.29, 0.717) is 28.1 Å². The van der Waals surface area contributed by atoms with Gasteiger partial charge in [-0.2, -0.15) is 0 Å². The van der Waals surface area contributed by atoms with Gasteiger partial charge in [0.25, 0.3) is 5.89 Å². The molecule has 0 aliphatic heterocycles. The highest BCUT2D eigenvalue weighted by Gasteiger charge is 2.13. The number of ether oxygens (including phenoxy) is 1. The third kappa shape index (κ3) is 2.00. The fourth-order valence-corrected chi connectivity index (χ4v) is 1.46. The molecule has 0 saturated carbocycles. The Morgan fingerprint density at radius 1 is 1.44 bits per heavy atom. The fourth-order valence-electron chi connectivity index (χ4n) is 1.29. The summed E-state index contributed by atoms with van der Waals surface area (Å²) in [6.45, 7) is 0.204. The van der Waals surface area contributed by atoms with Gasteiger partial charge < -0.3 is 14.9 Å². The highest BCUT2D eigenvalue weighted by atomic mass is 35.5. The van der Waals surface area contributed by atoms with E-state index in [1.54, 1.807) is 25.3 Å². The Morgan fingerprint density at radius 2 is 2.25 bits per heavy atom. The van der Waals surface area contributed by atoms with Gasteiger partial charge in [-0.15, -0.1) is 10.2 Å². The molecule has 0 atom stereocenters. The van der Waals surface area contributed by atoms with Crippen molar-refractivity contribution < 1.29 is 9.15 Å². The first-order valence-electron chi connectivity index (χ1n) is 4.61. The first-order chi connectivity index (χ1) is 7.74. The number of aromatic nitrogens is 2. The summed E-state index contributed by atoms with van der Waals surface area (Å²) in [5.41, 5.74) is 6.04. The highest BCUT2D eigenvalue weighted by molar-refractivity contribution is 6.30. The van der Waals surface area contributed by atoms with Crippen LogP contribution in [0.4, 0.5) is 0 Å². The van der Waals surface area contributed by atoms with Gasteiger partial charge >= 0.3 is 0 Å². The van der Waals surface area contributed by atoms with E-state index < -0.39 is 0 Å². The zero-order valence-corrected chi connectivity index (χ0v) is 9.36. The van der Waals surface area contributed by atoms with Crippen molar-refractivity contribution in [2.75, 3.05) is 7.11 Å². The quantitative estimate of drug-likeness (QED) is 0.885. The Bertz CT molecular complexity index is 499. The molecule has 0 fully saturated rings. The van der Waals surface area contributed by atoms with Crippen molar-refractivity contribution in [3.63, 3.8) is 0 Å². The molecule has 0 saturated heterocycles. The number of methoxy groups -OCH3 is 1. The molecule has 1 aromatic heterocycles. The predicted molar refractivity (Wildman–Crippen MR) is 59.2 cm³/mol. The molecule has 5 nitrogen and oxygen atoms in total. The topological polar surface area (TPSA) is 74.2 Å². The first-order valence-corrected chi connectivity index (χ1v) is 4.98. The predicted octanol–water partition coefficient (Wildman–Crippen LogP) is 1.86. The molecule has 0 radical (unpaired) electrons. The Kier molecular flexibility index (Phi) is 3.07. The number of hydrogen-bond donors (Lipinski definition) is 1. The third-order valence-corrected chi connectivity index (χ3v) is 2.27. The second kappa shape index (κ2) is 4.51. The minimum absolute atomic E-state index is 0.204. The average Bonchev–Trinajstić information content (AvgIpc) is 2.77. The molecule has 0 unspecified atom stereocenters. The summed E-state index contributed by atoms with van der Waals surface area (Å²) >= 11 is 5.89. The van der Waals surface area contributed by atoms with Crippen LogP contribution in [0.2, 0.25) is 5.02 Å². The van der Waals surface area contributed by atoms with Crippen LogP contribution < -0.4 is 10.5 Å². The van der Waals surface area contributed by atoms with Gasteiger partial charge in [-0.25, -0.2) is 0 Å². The van der Waals surface area contributed by atoms with Crippen LogP contribution in [0, 0.1) is 0 Å². The molecule has 0 aliphatic rings. The Labute approximate surface area is 97.2 Å². The van der Waals surface area contributed by atoms with Crippen LogP contribution in [0.15, 0.2) is 22.6 Å². The zero-order chi connectivity index (χ0) is 11.5. The summed E-state index contributed by atoms with van der Waals surface area (Å²) in [5, 5.41) is 8.22. The summed E-state index contributed by atoms with van der Waals surface area (Å²) in [4.78, 5) is 0. The lowest BCUT2D eigenvalue weighted by molar-refractivity contribution is 0.413. The molecular formula is C10H10ClN3O2. The van der Waals surface area contributed by atoms with Gasteiger partial charge in [0.05, 0.1) is 19.2 Å². The number of rotatable bonds is 3. The molecule has 84 valence electrons. The summed E-state index contributed by atoms with van der Waals surface area (Å²) in [6, 6.07) is 5.17. The van der Waals surface area contributed by atoms with Crippen LogP contribution in [0.25, 0.3) is 11.5 Å². The second-order valence-electron chi connectivity index (χ2n) is 3.05. The van der Waals surface area contributed by atoms with Crippen LogP contribution in [0.1, 0.15) is 5.89 Å². The Balaban J connectivity index is 2.49. The van der Waals surface area contributed by atoms with E-state index in [1.807, 2.05) is 0 Å². The molecule has 0 spiro atoms. The van der Waals surface area contributed by atoms with E-state index in [2.05, 4.69) is 10.2 Å². The maximum Gasteiger partial charge on any atom is 0.251 e. The van der Waals surface area contributed by atoms with E-state index in [0.717, 1.165) is 0 Å². The van der Waals surface area contributed by atoms with Gasteiger partial charge in [-0.1, -0.05) is 11.6 Å².